The van der Waals surface area contributed by atoms with Crippen molar-refractivity contribution in [1.29, 1.82) is 0 Å². The molecule has 0 radical (unpaired) electrons. The molecular formula is C26H23N2O6P. The lowest BCUT2D eigenvalue weighted by molar-refractivity contribution is -0.384. The van der Waals surface area contributed by atoms with Crippen LogP contribution in [0.4, 0.5) is 11.4 Å². The third-order valence-corrected chi connectivity index (χ3v) is 7.05. The molecular weight excluding hydrogens is 467 g/mol. The van der Waals surface area contributed by atoms with Gasteiger partial charge in [0.1, 0.15) is 17.2 Å². The van der Waals surface area contributed by atoms with Crippen molar-refractivity contribution in [3.63, 3.8) is 0 Å². The van der Waals surface area contributed by atoms with Gasteiger partial charge in [0.15, 0.2) is 5.78 Å². The monoisotopic (exact) mass is 490 g/mol. The highest BCUT2D eigenvalue weighted by Crippen LogP contribution is 2.60. The number of nitrogens with zero attached hydrogens (tertiary/aromatic N) is 1. The normalized spacial score (nSPS) is 11.8. The number of anilines is 1. The van der Waals surface area contributed by atoms with E-state index in [1.165, 1.54) is 12.1 Å². The molecule has 4 aromatic carbocycles. The quantitative estimate of drug-likeness (QED) is 0.144. The van der Waals surface area contributed by atoms with Crippen LogP contribution in [0.5, 0.6) is 17.2 Å². The summed E-state index contributed by atoms with van der Waals surface area (Å²) in [6.45, 7) is 0. The largest absolute Gasteiger partial charge is 0.497 e. The summed E-state index contributed by atoms with van der Waals surface area (Å²) in [5, 5.41) is 14.5. The van der Waals surface area contributed by atoms with Gasteiger partial charge in [-0.1, -0.05) is 54.6 Å². The van der Waals surface area contributed by atoms with E-state index in [1.807, 2.05) is 12.1 Å². The minimum Gasteiger partial charge on any atom is -0.497 e. The van der Waals surface area contributed by atoms with E-state index >= 15 is 0 Å². The first kappa shape index (κ1) is 23.9. The zero-order valence-electron chi connectivity index (χ0n) is 18.8. The Hall–Kier alpha value is -4.29. The van der Waals surface area contributed by atoms with Crippen LogP contribution in [0, 0.1) is 10.1 Å². The van der Waals surface area contributed by atoms with Crippen LogP contribution >= 0.6 is 7.60 Å². The highest BCUT2D eigenvalue weighted by atomic mass is 31.2. The van der Waals surface area contributed by atoms with Gasteiger partial charge >= 0.3 is 7.60 Å². The van der Waals surface area contributed by atoms with E-state index in [0.29, 0.717) is 28.5 Å². The Morgan fingerprint density at radius 2 is 1.34 bits per heavy atom. The second kappa shape index (κ2) is 10.8. The Labute approximate surface area is 202 Å². The van der Waals surface area contributed by atoms with Gasteiger partial charge in [0.25, 0.3) is 5.69 Å². The number of hydrogen-bond acceptors (Lipinski definition) is 7. The number of nitro groups is 1. The van der Waals surface area contributed by atoms with E-state index < -0.39 is 18.3 Å². The van der Waals surface area contributed by atoms with E-state index in [9.17, 15) is 14.7 Å². The maximum atomic E-state index is 14.6. The van der Waals surface area contributed by atoms with Crippen LogP contribution in [0.2, 0.25) is 0 Å². The maximum absolute atomic E-state index is 14.6. The Morgan fingerprint density at radius 3 is 1.86 bits per heavy atom. The molecule has 0 saturated carbocycles. The van der Waals surface area contributed by atoms with E-state index in [-0.39, 0.29) is 5.69 Å². The molecule has 0 heterocycles. The van der Waals surface area contributed by atoms with E-state index in [2.05, 4.69) is 5.32 Å². The van der Waals surface area contributed by atoms with Crippen LogP contribution in [0.25, 0.3) is 0 Å². The summed E-state index contributed by atoms with van der Waals surface area (Å²) in [4.78, 5) is 10.8. The molecule has 0 unspecified atom stereocenters. The third-order valence-electron chi connectivity index (χ3n) is 5.06. The molecule has 0 aliphatic carbocycles. The predicted molar refractivity (Wildman–Crippen MR) is 134 cm³/mol. The lowest BCUT2D eigenvalue weighted by atomic mass is 10.2. The van der Waals surface area contributed by atoms with Crippen LogP contribution in [0.3, 0.4) is 0 Å². The molecule has 1 atom stereocenters. The molecule has 9 heteroatoms. The minimum absolute atomic E-state index is 0.105. The molecule has 0 aliphatic rings. The summed E-state index contributed by atoms with van der Waals surface area (Å²) in [6, 6.07) is 30.3. The number of benzene rings is 4. The summed E-state index contributed by atoms with van der Waals surface area (Å²) in [5.74, 6) is 0.304. The molecule has 4 aromatic rings. The molecule has 0 fully saturated rings. The van der Waals surface area contributed by atoms with Gasteiger partial charge in [-0.25, -0.2) is 4.57 Å². The molecule has 0 aliphatic heterocycles. The fourth-order valence-corrected chi connectivity index (χ4v) is 5.30. The van der Waals surface area contributed by atoms with Crippen LogP contribution in [0.1, 0.15) is 11.3 Å². The Bertz CT molecular complexity index is 1270. The van der Waals surface area contributed by atoms with E-state index in [0.717, 1.165) is 0 Å². The summed E-state index contributed by atoms with van der Waals surface area (Å²) in [5.41, 5.74) is 0.854. The lowest BCUT2D eigenvalue weighted by Gasteiger charge is -2.29. The topological polar surface area (TPSA) is 99.9 Å². The SMILES string of the molecule is COc1ccc([C@@H](Nc2cccc([N+](=O)[O-])c2)P(=O)(Oc2ccccc2)Oc2ccccc2)cc1. The van der Waals surface area contributed by atoms with Crippen LogP contribution in [-0.4, -0.2) is 12.0 Å². The van der Waals surface area contributed by atoms with Gasteiger partial charge in [-0.2, -0.15) is 0 Å². The number of hydrogen-bond donors (Lipinski definition) is 1. The summed E-state index contributed by atoms with van der Waals surface area (Å²) in [7, 11) is -2.49. The van der Waals surface area contributed by atoms with Crippen LogP contribution < -0.4 is 19.1 Å². The lowest BCUT2D eigenvalue weighted by Crippen LogP contribution is -2.18. The standard InChI is InChI=1S/C26H23N2O6P/c1-32-23-17-15-20(16-18-23)26(27-21-9-8-10-22(19-21)28(29)30)35(31,33-24-11-4-2-5-12-24)34-25-13-6-3-7-14-25/h2-19,26-27H,1H3/t26-/m0/s1. The highest BCUT2D eigenvalue weighted by Gasteiger charge is 2.41. The average molecular weight is 490 g/mol. The zero-order valence-corrected chi connectivity index (χ0v) is 19.7. The summed E-state index contributed by atoms with van der Waals surface area (Å²) < 4.78 is 31.9. The molecule has 4 rings (SSSR count). The molecule has 0 bridgehead atoms. The fraction of sp³-hybridized carbons (Fsp3) is 0.0769. The summed E-state index contributed by atoms with van der Waals surface area (Å²) in [6.07, 6.45) is 0. The number of nitro benzene ring substituents is 1. The average Bonchev–Trinajstić information content (AvgIpc) is 2.88. The van der Waals surface area contributed by atoms with Crippen molar-refractivity contribution in [3.05, 3.63) is 125 Å². The number of non-ortho nitro benzene ring substituents is 1. The number of nitrogens with one attached hydrogen (secondary N) is 1. The van der Waals surface area contributed by atoms with Crippen LogP contribution in [-0.2, 0) is 4.57 Å². The number of rotatable bonds is 10. The number of ether oxygens (including phenoxy) is 1. The molecule has 35 heavy (non-hydrogen) atoms. The van der Waals surface area contributed by atoms with Gasteiger partial charge < -0.3 is 19.1 Å². The van der Waals surface area contributed by atoms with Crippen molar-refractivity contribution < 1.29 is 23.3 Å². The molecule has 0 amide bonds. The van der Waals surface area contributed by atoms with E-state index in [1.54, 1.807) is 92.0 Å². The van der Waals surface area contributed by atoms with Gasteiger partial charge in [0.05, 0.1) is 12.0 Å². The van der Waals surface area contributed by atoms with Crippen molar-refractivity contribution in [2.75, 3.05) is 12.4 Å². The Morgan fingerprint density at radius 1 is 0.771 bits per heavy atom. The first-order valence-corrected chi connectivity index (χ1v) is 12.3. The molecule has 0 aromatic heterocycles. The first-order chi connectivity index (χ1) is 17.0. The maximum Gasteiger partial charge on any atom is 0.457 e. The van der Waals surface area contributed by atoms with E-state index in [4.69, 9.17) is 13.8 Å². The number of methoxy groups -OCH3 is 1. The predicted octanol–water partition coefficient (Wildman–Crippen LogP) is 7.07. The number of para-hydroxylation sites is 2. The van der Waals surface area contributed by atoms with Crippen molar-refractivity contribution in [2.24, 2.45) is 0 Å². The third kappa shape index (κ3) is 5.99. The molecule has 0 spiro atoms. The smallest absolute Gasteiger partial charge is 0.457 e. The van der Waals surface area contributed by atoms with Gasteiger partial charge in [-0.3, -0.25) is 10.1 Å². The Balaban J connectivity index is 1.81. The second-order valence-electron chi connectivity index (χ2n) is 7.48. The first-order valence-electron chi connectivity index (χ1n) is 10.7. The van der Waals surface area contributed by atoms with Crippen molar-refractivity contribution in [1.82, 2.24) is 0 Å². The summed E-state index contributed by atoms with van der Waals surface area (Å²) >= 11 is 0. The van der Waals surface area contributed by atoms with Gasteiger partial charge in [-0.05, 0) is 48.0 Å². The van der Waals surface area contributed by atoms with Crippen molar-refractivity contribution in [2.45, 2.75) is 5.78 Å². The van der Waals surface area contributed by atoms with Gasteiger partial charge in [0, 0.05) is 17.8 Å². The van der Waals surface area contributed by atoms with Gasteiger partial charge in [0.2, 0.25) is 0 Å². The van der Waals surface area contributed by atoms with Gasteiger partial charge in [-0.15, -0.1) is 0 Å². The molecule has 0 saturated heterocycles. The minimum atomic E-state index is -4.04. The van der Waals surface area contributed by atoms with Crippen molar-refractivity contribution >= 4 is 19.0 Å². The molecule has 1 N–H and O–H groups in total. The second-order valence-corrected chi connectivity index (χ2v) is 9.44. The Kier molecular flexibility index (Phi) is 7.33. The zero-order chi connectivity index (χ0) is 24.7. The highest BCUT2D eigenvalue weighted by molar-refractivity contribution is 7.55. The van der Waals surface area contributed by atoms with Crippen molar-refractivity contribution in [3.8, 4) is 17.2 Å². The molecule has 178 valence electrons. The fourth-order valence-electron chi connectivity index (χ4n) is 3.38. The molecule has 8 nitrogen and oxygen atoms in total. The van der Waals surface area contributed by atoms with Crippen LogP contribution in [0.15, 0.2) is 109 Å².